The van der Waals surface area contributed by atoms with E-state index in [2.05, 4.69) is 21.6 Å². The predicted molar refractivity (Wildman–Crippen MR) is 130 cm³/mol. The number of aromatic nitrogens is 3. The number of carbonyl (C=O) groups excluding carboxylic acids is 3. The van der Waals surface area contributed by atoms with E-state index in [1.165, 1.54) is 11.8 Å². The van der Waals surface area contributed by atoms with Crippen molar-refractivity contribution in [2.75, 3.05) is 11.1 Å². The van der Waals surface area contributed by atoms with Crippen molar-refractivity contribution in [2.24, 2.45) is 0 Å². The Balaban J connectivity index is 1.35. The molecule has 168 valence electrons. The molecule has 0 spiro atoms. The average molecular weight is 469 g/mol. The zero-order valence-corrected chi connectivity index (χ0v) is 19.3. The summed E-state index contributed by atoms with van der Waals surface area (Å²) < 4.78 is 1.84. The molecule has 0 saturated carbocycles. The van der Waals surface area contributed by atoms with E-state index in [1.54, 1.807) is 48.8 Å². The molecule has 7 nitrogen and oxygen atoms in total. The number of aryl methyl sites for hydroxylation is 2. The van der Waals surface area contributed by atoms with Crippen molar-refractivity contribution in [1.82, 2.24) is 14.8 Å². The molecule has 1 aliphatic carbocycles. The van der Waals surface area contributed by atoms with E-state index in [0.717, 1.165) is 16.8 Å². The summed E-state index contributed by atoms with van der Waals surface area (Å²) in [6, 6.07) is 17.7. The van der Waals surface area contributed by atoms with Gasteiger partial charge in [0.25, 0.3) is 0 Å². The van der Waals surface area contributed by atoms with E-state index in [9.17, 15) is 14.4 Å². The van der Waals surface area contributed by atoms with Crippen molar-refractivity contribution in [3.8, 4) is 5.69 Å². The van der Waals surface area contributed by atoms with E-state index in [1.807, 2.05) is 30.5 Å². The Labute approximate surface area is 200 Å². The van der Waals surface area contributed by atoms with Crippen molar-refractivity contribution < 1.29 is 14.4 Å². The molecule has 1 amide bonds. The Morgan fingerprint density at radius 3 is 2.44 bits per heavy atom. The fraction of sp³-hybridized carbons (Fsp3) is 0.115. The minimum atomic E-state index is -0.312. The number of fused-ring (bicyclic) bond motifs is 2. The Morgan fingerprint density at radius 1 is 0.941 bits per heavy atom. The van der Waals surface area contributed by atoms with Crippen LogP contribution in [0.3, 0.4) is 0 Å². The van der Waals surface area contributed by atoms with E-state index in [0.29, 0.717) is 27.5 Å². The number of carbonyl (C=O) groups is 3. The third kappa shape index (κ3) is 3.82. The van der Waals surface area contributed by atoms with Crippen LogP contribution in [0.1, 0.15) is 43.0 Å². The second kappa shape index (κ2) is 8.72. The Kier molecular flexibility index (Phi) is 5.59. The Morgan fingerprint density at radius 2 is 1.68 bits per heavy atom. The van der Waals surface area contributed by atoms with Crippen molar-refractivity contribution >= 4 is 34.9 Å². The molecule has 0 aliphatic heterocycles. The second-order valence-corrected chi connectivity index (χ2v) is 8.98. The van der Waals surface area contributed by atoms with Gasteiger partial charge in [0.15, 0.2) is 16.7 Å². The zero-order chi connectivity index (χ0) is 23.8. The highest BCUT2D eigenvalue weighted by Gasteiger charge is 2.31. The molecule has 0 atom stereocenters. The van der Waals surface area contributed by atoms with E-state index in [4.69, 9.17) is 0 Å². The Hall–Kier alpha value is -4.04. The quantitative estimate of drug-likeness (QED) is 0.385. The summed E-state index contributed by atoms with van der Waals surface area (Å²) in [5.41, 5.74) is 4.74. The highest BCUT2D eigenvalue weighted by molar-refractivity contribution is 7.99. The molecular weight excluding hydrogens is 448 g/mol. The molecule has 8 heteroatoms. The second-order valence-electron chi connectivity index (χ2n) is 8.04. The van der Waals surface area contributed by atoms with Gasteiger partial charge in [0.05, 0.1) is 22.7 Å². The maximum Gasteiger partial charge on any atom is 0.234 e. The first kappa shape index (κ1) is 21.8. The number of rotatable bonds is 5. The lowest BCUT2D eigenvalue weighted by atomic mass is 9.83. The number of nitrogens with zero attached hydrogens (tertiary/aromatic N) is 3. The summed E-state index contributed by atoms with van der Waals surface area (Å²) in [6.45, 7) is 4.04. The van der Waals surface area contributed by atoms with Crippen LogP contribution in [0.25, 0.3) is 5.69 Å². The normalized spacial score (nSPS) is 12.3. The summed E-state index contributed by atoms with van der Waals surface area (Å²) in [4.78, 5) is 38.8. The summed E-state index contributed by atoms with van der Waals surface area (Å²) in [7, 11) is 0. The van der Waals surface area contributed by atoms with E-state index < -0.39 is 0 Å². The monoisotopic (exact) mass is 468 g/mol. The molecule has 1 aromatic heterocycles. The van der Waals surface area contributed by atoms with Crippen molar-refractivity contribution in [1.29, 1.82) is 0 Å². The average Bonchev–Trinajstić information content (AvgIpc) is 3.29. The maximum atomic E-state index is 13.1. The third-order valence-corrected chi connectivity index (χ3v) is 6.63. The smallest absolute Gasteiger partial charge is 0.234 e. The van der Waals surface area contributed by atoms with Gasteiger partial charge in [-0.1, -0.05) is 65.9 Å². The highest BCUT2D eigenvalue weighted by atomic mass is 32.2. The van der Waals surface area contributed by atoms with Gasteiger partial charge in [-0.3, -0.25) is 19.0 Å². The molecule has 0 saturated heterocycles. The number of hydrogen-bond donors (Lipinski definition) is 1. The van der Waals surface area contributed by atoms with Gasteiger partial charge in [0.2, 0.25) is 5.91 Å². The molecule has 5 rings (SSSR count). The Bertz CT molecular complexity index is 1470. The first-order valence-corrected chi connectivity index (χ1v) is 11.6. The van der Waals surface area contributed by atoms with Gasteiger partial charge < -0.3 is 5.32 Å². The van der Waals surface area contributed by atoms with Crippen molar-refractivity contribution in [3.63, 3.8) is 0 Å². The summed E-state index contributed by atoms with van der Waals surface area (Å²) in [5.74, 6) is -0.750. The van der Waals surface area contributed by atoms with Crippen LogP contribution in [-0.4, -0.2) is 38.0 Å². The predicted octanol–water partition coefficient (Wildman–Crippen LogP) is 4.39. The van der Waals surface area contributed by atoms with Crippen LogP contribution in [0, 0.1) is 13.8 Å². The van der Waals surface area contributed by atoms with Gasteiger partial charge in [-0.05, 0) is 31.5 Å². The number of thioether (sulfide) groups is 1. The number of ketones is 2. The number of amides is 1. The SMILES string of the molecule is Cc1ccc(-n2cnnc2SCC(=O)Nc2cccc3c2C(=O)c2ccccc2C3=O)c(C)c1. The number of benzene rings is 3. The largest absolute Gasteiger partial charge is 0.325 e. The van der Waals surface area contributed by atoms with Crippen LogP contribution in [0.2, 0.25) is 0 Å². The van der Waals surface area contributed by atoms with Gasteiger partial charge >= 0.3 is 0 Å². The summed E-state index contributed by atoms with van der Waals surface area (Å²) in [6.07, 6.45) is 1.62. The van der Waals surface area contributed by atoms with Gasteiger partial charge in [-0.15, -0.1) is 10.2 Å². The van der Waals surface area contributed by atoms with E-state index in [-0.39, 0.29) is 28.8 Å². The molecule has 1 N–H and O–H groups in total. The molecule has 0 unspecified atom stereocenters. The molecule has 1 aliphatic rings. The van der Waals surface area contributed by atoms with E-state index >= 15 is 0 Å². The van der Waals surface area contributed by atoms with Crippen LogP contribution >= 0.6 is 11.8 Å². The van der Waals surface area contributed by atoms with Crippen LogP contribution in [0.5, 0.6) is 0 Å². The van der Waals surface area contributed by atoms with Crippen molar-refractivity contribution in [3.05, 3.63) is 100 Å². The van der Waals surface area contributed by atoms with Crippen molar-refractivity contribution in [2.45, 2.75) is 19.0 Å². The standard InChI is InChI=1S/C26H20N4O3S/c1-15-10-11-21(16(2)12-15)30-14-27-29-26(30)34-13-22(31)28-20-9-5-8-19-23(20)25(33)18-7-4-3-6-17(18)24(19)32/h3-12,14H,13H2,1-2H3,(H,28,31). The lowest BCUT2D eigenvalue weighted by Gasteiger charge is -2.20. The molecule has 0 bridgehead atoms. The summed E-state index contributed by atoms with van der Waals surface area (Å²) in [5, 5.41) is 11.5. The number of hydrogen-bond acceptors (Lipinski definition) is 6. The highest BCUT2D eigenvalue weighted by Crippen LogP contribution is 2.32. The fourth-order valence-electron chi connectivity index (χ4n) is 4.13. The lowest BCUT2D eigenvalue weighted by Crippen LogP contribution is -2.24. The number of nitrogens with one attached hydrogen (secondary N) is 1. The fourth-order valence-corrected chi connectivity index (χ4v) is 4.85. The molecule has 4 aromatic rings. The minimum absolute atomic E-state index is 0.0615. The van der Waals surface area contributed by atoms with Crippen LogP contribution in [0.15, 0.2) is 72.1 Å². The minimum Gasteiger partial charge on any atom is -0.325 e. The van der Waals surface area contributed by atoms with Gasteiger partial charge in [0, 0.05) is 16.7 Å². The molecule has 1 heterocycles. The lowest BCUT2D eigenvalue weighted by molar-refractivity contribution is -0.113. The summed E-state index contributed by atoms with van der Waals surface area (Å²) >= 11 is 1.24. The van der Waals surface area contributed by atoms with Gasteiger partial charge in [-0.2, -0.15) is 0 Å². The van der Waals surface area contributed by atoms with Crippen LogP contribution in [0.4, 0.5) is 5.69 Å². The maximum absolute atomic E-state index is 13.1. The first-order valence-electron chi connectivity index (χ1n) is 10.7. The zero-order valence-electron chi connectivity index (χ0n) is 18.5. The van der Waals surface area contributed by atoms with Gasteiger partial charge in [-0.25, -0.2) is 0 Å². The topological polar surface area (TPSA) is 93.9 Å². The van der Waals surface area contributed by atoms with Crippen LogP contribution < -0.4 is 5.32 Å². The molecule has 0 fully saturated rings. The first-order chi connectivity index (χ1) is 16.4. The van der Waals surface area contributed by atoms with Crippen LogP contribution in [-0.2, 0) is 4.79 Å². The van der Waals surface area contributed by atoms with Gasteiger partial charge in [0.1, 0.15) is 6.33 Å². The molecule has 0 radical (unpaired) electrons. The number of anilines is 1. The third-order valence-electron chi connectivity index (χ3n) is 5.69. The molecule has 34 heavy (non-hydrogen) atoms. The molecule has 3 aromatic carbocycles. The molecular formula is C26H20N4O3S.